The van der Waals surface area contributed by atoms with Crippen LogP contribution in [-0.4, -0.2) is 26.9 Å². The molecule has 37 heavy (non-hydrogen) atoms. The van der Waals surface area contributed by atoms with Gasteiger partial charge in [0.05, 0.1) is 26.3 Å². The quantitative estimate of drug-likeness (QED) is 0.251. The van der Waals surface area contributed by atoms with E-state index in [0.29, 0.717) is 15.2 Å². The van der Waals surface area contributed by atoms with Gasteiger partial charge in [-0.2, -0.15) is 0 Å². The monoisotopic (exact) mass is 504 g/mol. The van der Waals surface area contributed by atoms with Crippen LogP contribution in [0, 0.1) is 13.8 Å². The Morgan fingerprint density at radius 3 is 1.86 bits per heavy atom. The molecule has 0 fully saturated rings. The fourth-order valence-electron chi connectivity index (χ4n) is 5.36. The van der Waals surface area contributed by atoms with Crippen molar-refractivity contribution < 1.29 is 8.42 Å². The van der Waals surface area contributed by atoms with E-state index in [0.717, 1.165) is 49.9 Å². The summed E-state index contributed by atoms with van der Waals surface area (Å²) in [6, 6.07) is 31.4. The fourth-order valence-corrected chi connectivity index (χ4v) is 7.04. The van der Waals surface area contributed by atoms with Gasteiger partial charge in [-0.15, -0.1) is 0 Å². The van der Waals surface area contributed by atoms with Gasteiger partial charge in [-0.3, -0.25) is 0 Å². The maximum Gasteiger partial charge on any atom is 0.207 e. The highest BCUT2D eigenvalue weighted by Gasteiger charge is 2.29. The Bertz CT molecular complexity index is 1920. The lowest BCUT2D eigenvalue weighted by molar-refractivity contribution is 0.597. The van der Waals surface area contributed by atoms with Gasteiger partial charge in [0, 0.05) is 36.1 Å². The lowest BCUT2D eigenvalue weighted by Crippen LogP contribution is -2.09. The van der Waals surface area contributed by atoms with Crippen LogP contribution in [0.2, 0.25) is 0 Å². The van der Waals surface area contributed by atoms with E-state index in [1.165, 1.54) is 0 Å². The van der Waals surface area contributed by atoms with E-state index < -0.39 is 9.84 Å². The zero-order valence-electron chi connectivity index (χ0n) is 21.4. The van der Waals surface area contributed by atoms with Crippen molar-refractivity contribution in [3.05, 3.63) is 108 Å². The van der Waals surface area contributed by atoms with Crippen LogP contribution in [0.1, 0.15) is 11.1 Å². The van der Waals surface area contributed by atoms with E-state index in [9.17, 15) is 8.42 Å². The number of pyridine rings is 1. The molecule has 6 rings (SSSR count). The third-order valence-electron chi connectivity index (χ3n) is 7.25. The maximum absolute atomic E-state index is 14.5. The van der Waals surface area contributed by atoms with Gasteiger partial charge in [-0.05, 0) is 61.4 Å². The second kappa shape index (κ2) is 8.49. The molecule has 0 spiro atoms. The number of aromatic nitrogens is 1. The van der Waals surface area contributed by atoms with Gasteiger partial charge in [0.1, 0.15) is 0 Å². The van der Waals surface area contributed by atoms with E-state index in [2.05, 4.69) is 23.5 Å². The molecule has 0 aliphatic carbocycles. The van der Waals surface area contributed by atoms with Crippen molar-refractivity contribution in [2.45, 2.75) is 23.6 Å². The first kappa shape index (κ1) is 23.3. The van der Waals surface area contributed by atoms with Crippen molar-refractivity contribution in [1.82, 2.24) is 4.40 Å². The molecule has 0 saturated heterocycles. The van der Waals surface area contributed by atoms with E-state index in [4.69, 9.17) is 0 Å². The van der Waals surface area contributed by atoms with Crippen LogP contribution in [0.4, 0.5) is 5.69 Å². The summed E-state index contributed by atoms with van der Waals surface area (Å²) >= 11 is 0. The molecule has 0 atom stereocenters. The SMILES string of the molecule is Cc1ccc(S(=O)(=O)c2c(-c3ccc(N(C)C)cc3)c3c(C)c4ccccc4n3c3ccccc23)cc1. The number of rotatable bonds is 4. The van der Waals surface area contributed by atoms with Crippen molar-refractivity contribution >= 4 is 42.8 Å². The summed E-state index contributed by atoms with van der Waals surface area (Å²) < 4.78 is 31.2. The largest absolute Gasteiger partial charge is 0.378 e. The first-order valence-electron chi connectivity index (χ1n) is 12.3. The summed E-state index contributed by atoms with van der Waals surface area (Å²) in [5.41, 5.74) is 7.61. The predicted octanol–water partition coefficient (Wildman–Crippen LogP) is 7.43. The predicted molar refractivity (Wildman–Crippen MR) is 154 cm³/mol. The number of anilines is 1. The average Bonchev–Trinajstić information content (AvgIpc) is 3.21. The van der Waals surface area contributed by atoms with Gasteiger partial charge in [0.2, 0.25) is 9.84 Å². The summed E-state index contributed by atoms with van der Waals surface area (Å²) in [6.07, 6.45) is 0. The molecule has 0 aliphatic rings. The van der Waals surface area contributed by atoms with Crippen molar-refractivity contribution in [3.8, 4) is 11.1 Å². The Labute approximate surface area is 217 Å². The van der Waals surface area contributed by atoms with Crippen molar-refractivity contribution in [2.75, 3.05) is 19.0 Å². The van der Waals surface area contributed by atoms with E-state index in [-0.39, 0.29) is 0 Å². The minimum absolute atomic E-state index is 0.299. The lowest BCUT2D eigenvalue weighted by atomic mass is 10.00. The standard InChI is InChI=1S/C32H28N2O2S/c1-21-13-19-25(20-14-21)37(35,36)32-27-10-6-8-12-29(27)34-28-11-7-5-9-26(28)22(2)31(34)30(32)23-15-17-24(18-16-23)33(3)4/h5-20H,1-4H3. The molecule has 2 aromatic heterocycles. The third-order valence-corrected chi connectivity index (χ3v) is 9.11. The van der Waals surface area contributed by atoms with Crippen molar-refractivity contribution in [3.63, 3.8) is 0 Å². The molecule has 0 saturated carbocycles. The average molecular weight is 505 g/mol. The number of aryl methyl sites for hydroxylation is 2. The van der Waals surface area contributed by atoms with E-state index >= 15 is 0 Å². The number of sulfone groups is 1. The first-order chi connectivity index (χ1) is 17.8. The molecule has 0 aliphatic heterocycles. The number of benzene rings is 4. The van der Waals surface area contributed by atoms with Crippen LogP contribution in [-0.2, 0) is 9.84 Å². The Hall–Kier alpha value is -4.09. The number of hydrogen-bond donors (Lipinski definition) is 0. The van der Waals surface area contributed by atoms with Gasteiger partial charge >= 0.3 is 0 Å². The van der Waals surface area contributed by atoms with Gasteiger partial charge in [0.15, 0.2) is 0 Å². The molecule has 4 nitrogen and oxygen atoms in total. The number of hydrogen-bond acceptors (Lipinski definition) is 3. The lowest BCUT2D eigenvalue weighted by Gasteiger charge is -2.19. The summed E-state index contributed by atoms with van der Waals surface area (Å²) in [6.45, 7) is 4.05. The highest BCUT2D eigenvalue weighted by Crippen LogP contribution is 2.44. The Kier molecular flexibility index (Phi) is 5.35. The minimum atomic E-state index is -3.86. The molecule has 5 heteroatoms. The summed E-state index contributed by atoms with van der Waals surface area (Å²) in [7, 11) is 0.144. The molecule has 0 N–H and O–H groups in total. The second-order valence-corrected chi connectivity index (χ2v) is 11.7. The molecule has 0 amide bonds. The Morgan fingerprint density at radius 1 is 0.676 bits per heavy atom. The Balaban J connectivity index is 1.86. The Morgan fingerprint density at radius 2 is 1.24 bits per heavy atom. The molecule has 4 aromatic carbocycles. The first-order valence-corrected chi connectivity index (χ1v) is 13.8. The van der Waals surface area contributed by atoms with Crippen LogP contribution < -0.4 is 4.90 Å². The molecular formula is C32H28N2O2S. The van der Waals surface area contributed by atoms with Gasteiger partial charge in [0.25, 0.3) is 0 Å². The molecule has 2 heterocycles. The van der Waals surface area contributed by atoms with Crippen LogP contribution in [0.15, 0.2) is 107 Å². The highest BCUT2D eigenvalue weighted by atomic mass is 32.2. The molecule has 0 bridgehead atoms. The number of fused-ring (bicyclic) bond motifs is 5. The van der Waals surface area contributed by atoms with Crippen molar-refractivity contribution in [1.29, 1.82) is 0 Å². The minimum Gasteiger partial charge on any atom is -0.378 e. The topological polar surface area (TPSA) is 41.8 Å². The van der Waals surface area contributed by atoms with Crippen molar-refractivity contribution in [2.24, 2.45) is 0 Å². The summed E-state index contributed by atoms with van der Waals surface area (Å²) in [4.78, 5) is 2.69. The zero-order valence-corrected chi connectivity index (χ0v) is 22.2. The van der Waals surface area contributed by atoms with Gasteiger partial charge in [-0.1, -0.05) is 66.2 Å². The molecule has 184 valence electrons. The van der Waals surface area contributed by atoms with Crippen LogP contribution in [0.5, 0.6) is 0 Å². The van der Waals surface area contributed by atoms with Crippen LogP contribution in [0.25, 0.3) is 38.4 Å². The summed E-state index contributed by atoms with van der Waals surface area (Å²) in [5, 5.41) is 1.83. The molecule has 0 radical (unpaired) electrons. The molecule has 0 unspecified atom stereocenters. The van der Waals surface area contributed by atoms with E-state index in [1.807, 2.05) is 98.7 Å². The number of nitrogens with zero attached hydrogens (tertiary/aromatic N) is 2. The third kappa shape index (κ3) is 3.53. The molecule has 6 aromatic rings. The maximum atomic E-state index is 14.5. The normalized spacial score (nSPS) is 12.0. The zero-order chi connectivity index (χ0) is 25.9. The number of para-hydroxylation sites is 2. The van der Waals surface area contributed by atoms with Gasteiger partial charge < -0.3 is 9.30 Å². The van der Waals surface area contributed by atoms with Crippen LogP contribution in [0.3, 0.4) is 0 Å². The summed E-state index contributed by atoms with van der Waals surface area (Å²) in [5.74, 6) is 0. The second-order valence-electron chi connectivity index (χ2n) is 9.81. The fraction of sp³-hybridized carbons (Fsp3) is 0.125. The molecular weight excluding hydrogens is 476 g/mol. The van der Waals surface area contributed by atoms with Gasteiger partial charge in [-0.25, -0.2) is 8.42 Å². The smallest absolute Gasteiger partial charge is 0.207 e. The highest BCUT2D eigenvalue weighted by molar-refractivity contribution is 7.92. The van der Waals surface area contributed by atoms with E-state index in [1.54, 1.807) is 12.1 Å². The van der Waals surface area contributed by atoms with Crippen LogP contribution >= 0.6 is 0 Å².